The highest BCUT2D eigenvalue weighted by molar-refractivity contribution is 7.08. The highest BCUT2D eigenvalue weighted by Crippen LogP contribution is 2.24. The van der Waals surface area contributed by atoms with Gasteiger partial charge >= 0.3 is 0 Å². The normalized spacial score (nSPS) is 11.9. The first-order valence-corrected chi connectivity index (χ1v) is 6.66. The first kappa shape index (κ1) is 11.7. The Morgan fingerprint density at radius 2 is 2.32 bits per heavy atom. The zero-order valence-electron chi connectivity index (χ0n) is 9.96. The number of amides is 1. The van der Waals surface area contributed by atoms with Gasteiger partial charge in [0.05, 0.1) is 0 Å². The van der Waals surface area contributed by atoms with Crippen molar-refractivity contribution in [1.82, 2.24) is 9.97 Å². The maximum absolute atomic E-state index is 11.6. The largest absolute Gasteiger partial charge is 0.366 e. The van der Waals surface area contributed by atoms with Crippen LogP contribution in [0.4, 0.5) is 0 Å². The van der Waals surface area contributed by atoms with E-state index in [1.165, 1.54) is 11.3 Å². The maximum Gasteiger partial charge on any atom is 0.249 e. The second-order valence-electron chi connectivity index (χ2n) is 4.08. The Morgan fingerprint density at radius 3 is 3.05 bits per heavy atom. The number of nitrogens with one attached hydrogen (secondary N) is 1. The molecule has 0 aliphatic heterocycles. The Kier molecular flexibility index (Phi) is 2.89. The molecule has 0 aromatic carbocycles. The molecule has 0 aliphatic carbocycles. The smallest absolute Gasteiger partial charge is 0.249 e. The highest BCUT2D eigenvalue weighted by Gasteiger charge is 2.10. The van der Waals surface area contributed by atoms with E-state index in [9.17, 15) is 4.79 Å². The third kappa shape index (κ3) is 2.15. The Hall–Kier alpha value is -2.40. The SMILES string of the molecule is NC(=O)C(=Cc1c[nH]c2ncccc12)c1ccsc1. The number of aromatic nitrogens is 2. The predicted molar refractivity (Wildman–Crippen MR) is 77.5 cm³/mol. The van der Waals surface area contributed by atoms with Crippen molar-refractivity contribution in [1.29, 1.82) is 0 Å². The number of fused-ring (bicyclic) bond motifs is 1. The number of hydrogen-bond acceptors (Lipinski definition) is 3. The lowest BCUT2D eigenvalue weighted by Crippen LogP contribution is -2.12. The quantitative estimate of drug-likeness (QED) is 0.717. The zero-order valence-corrected chi connectivity index (χ0v) is 10.8. The molecule has 0 radical (unpaired) electrons. The topological polar surface area (TPSA) is 71.8 Å². The molecule has 0 fully saturated rings. The minimum Gasteiger partial charge on any atom is -0.366 e. The second-order valence-corrected chi connectivity index (χ2v) is 4.86. The van der Waals surface area contributed by atoms with Crippen LogP contribution in [-0.4, -0.2) is 15.9 Å². The van der Waals surface area contributed by atoms with Crippen molar-refractivity contribution >= 4 is 39.9 Å². The van der Waals surface area contributed by atoms with Gasteiger partial charge in [0.2, 0.25) is 5.91 Å². The molecule has 0 spiro atoms. The standard InChI is InChI=1S/C14H11N3OS/c15-13(18)12(9-3-5-19-8-9)6-10-7-17-14-11(10)2-1-4-16-14/h1-8H,(H2,15,18)(H,16,17). The van der Waals surface area contributed by atoms with Crippen LogP contribution in [0.2, 0.25) is 0 Å². The summed E-state index contributed by atoms with van der Waals surface area (Å²) in [5.74, 6) is -0.434. The van der Waals surface area contributed by atoms with Gasteiger partial charge in [-0.15, -0.1) is 0 Å². The molecule has 4 nitrogen and oxygen atoms in total. The number of nitrogens with two attached hydrogens (primary N) is 1. The van der Waals surface area contributed by atoms with E-state index in [4.69, 9.17) is 5.73 Å². The molecule has 94 valence electrons. The van der Waals surface area contributed by atoms with E-state index in [0.29, 0.717) is 5.57 Å². The molecular formula is C14H11N3OS. The van der Waals surface area contributed by atoms with Crippen molar-refractivity contribution in [2.24, 2.45) is 5.73 Å². The van der Waals surface area contributed by atoms with Gasteiger partial charge in [0.25, 0.3) is 0 Å². The van der Waals surface area contributed by atoms with E-state index in [1.807, 2.05) is 35.2 Å². The minimum absolute atomic E-state index is 0.434. The number of primary amides is 1. The summed E-state index contributed by atoms with van der Waals surface area (Å²) in [6, 6.07) is 5.70. The number of carbonyl (C=O) groups is 1. The molecule has 3 heterocycles. The molecule has 0 saturated heterocycles. The first-order chi connectivity index (χ1) is 9.25. The maximum atomic E-state index is 11.6. The third-order valence-electron chi connectivity index (χ3n) is 2.88. The van der Waals surface area contributed by atoms with E-state index < -0.39 is 5.91 Å². The summed E-state index contributed by atoms with van der Waals surface area (Å²) in [5.41, 5.74) is 8.51. The van der Waals surface area contributed by atoms with E-state index in [1.54, 1.807) is 12.3 Å². The lowest BCUT2D eigenvalue weighted by Gasteiger charge is -2.00. The molecule has 0 saturated carbocycles. The summed E-state index contributed by atoms with van der Waals surface area (Å²) < 4.78 is 0. The van der Waals surface area contributed by atoms with Crippen molar-refractivity contribution in [3.8, 4) is 0 Å². The lowest BCUT2D eigenvalue weighted by atomic mass is 10.1. The summed E-state index contributed by atoms with van der Waals surface area (Å²) in [5, 5.41) is 4.79. The van der Waals surface area contributed by atoms with Gasteiger partial charge in [0.1, 0.15) is 5.65 Å². The molecule has 0 atom stereocenters. The van der Waals surface area contributed by atoms with E-state index >= 15 is 0 Å². The van der Waals surface area contributed by atoms with Crippen molar-refractivity contribution in [2.75, 3.05) is 0 Å². The van der Waals surface area contributed by atoms with Crippen LogP contribution in [0, 0.1) is 0 Å². The summed E-state index contributed by atoms with van der Waals surface area (Å²) >= 11 is 1.53. The predicted octanol–water partition coefficient (Wildman–Crippen LogP) is 2.65. The number of H-pyrrole nitrogens is 1. The number of thiophene rings is 1. The van der Waals surface area contributed by atoms with Crippen LogP contribution in [0.1, 0.15) is 11.1 Å². The van der Waals surface area contributed by atoms with E-state index in [-0.39, 0.29) is 0 Å². The van der Waals surface area contributed by atoms with Crippen LogP contribution >= 0.6 is 11.3 Å². The fraction of sp³-hybridized carbons (Fsp3) is 0. The van der Waals surface area contributed by atoms with Crippen LogP contribution in [0.25, 0.3) is 22.7 Å². The molecule has 0 unspecified atom stereocenters. The highest BCUT2D eigenvalue weighted by atomic mass is 32.1. The Labute approximate surface area is 113 Å². The Balaban J connectivity index is 2.15. The van der Waals surface area contributed by atoms with Crippen LogP contribution in [0.15, 0.2) is 41.4 Å². The number of aromatic amines is 1. The van der Waals surface area contributed by atoms with Crippen LogP contribution in [-0.2, 0) is 4.79 Å². The Morgan fingerprint density at radius 1 is 1.42 bits per heavy atom. The minimum atomic E-state index is -0.434. The number of carbonyl (C=O) groups excluding carboxylic acids is 1. The van der Waals surface area contributed by atoms with E-state index in [0.717, 1.165) is 22.2 Å². The number of rotatable bonds is 3. The third-order valence-corrected chi connectivity index (χ3v) is 3.56. The fourth-order valence-corrected chi connectivity index (χ4v) is 2.62. The van der Waals surface area contributed by atoms with Gasteiger partial charge in [0, 0.05) is 28.9 Å². The van der Waals surface area contributed by atoms with Gasteiger partial charge in [-0.25, -0.2) is 4.98 Å². The van der Waals surface area contributed by atoms with Gasteiger partial charge in [-0.1, -0.05) is 0 Å². The van der Waals surface area contributed by atoms with Gasteiger partial charge in [-0.3, -0.25) is 4.79 Å². The fourth-order valence-electron chi connectivity index (χ4n) is 1.97. The number of hydrogen-bond donors (Lipinski definition) is 2. The monoisotopic (exact) mass is 269 g/mol. The molecule has 3 rings (SSSR count). The van der Waals surface area contributed by atoms with E-state index in [2.05, 4.69) is 9.97 Å². The van der Waals surface area contributed by atoms with Gasteiger partial charge in [-0.05, 0) is 40.6 Å². The molecule has 3 N–H and O–H groups in total. The number of pyridine rings is 1. The van der Waals surface area contributed by atoms with Crippen molar-refractivity contribution in [2.45, 2.75) is 0 Å². The van der Waals surface area contributed by atoms with Gasteiger partial charge in [-0.2, -0.15) is 11.3 Å². The summed E-state index contributed by atoms with van der Waals surface area (Å²) in [7, 11) is 0. The van der Waals surface area contributed by atoms with Crippen molar-refractivity contribution in [3.05, 3.63) is 52.5 Å². The summed E-state index contributed by atoms with van der Waals surface area (Å²) in [6.07, 6.45) is 5.35. The van der Waals surface area contributed by atoms with Crippen molar-refractivity contribution in [3.63, 3.8) is 0 Å². The average molecular weight is 269 g/mol. The van der Waals surface area contributed by atoms with Crippen LogP contribution < -0.4 is 5.73 Å². The lowest BCUT2D eigenvalue weighted by molar-refractivity contribution is -0.112. The molecular weight excluding hydrogens is 258 g/mol. The summed E-state index contributed by atoms with van der Waals surface area (Å²) in [6.45, 7) is 0. The molecule has 5 heteroatoms. The van der Waals surface area contributed by atoms with Crippen LogP contribution in [0.3, 0.4) is 0 Å². The van der Waals surface area contributed by atoms with Gasteiger partial charge < -0.3 is 10.7 Å². The molecule has 3 aromatic heterocycles. The zero-order chi connectivity index (χ0) is 13.2. The summed E-state index contributed by atoms with van der Waals surface area (Å²) in [4.78, 5) is 18.9. The van der Waals surface area contributed by atoms with Crippen LogP contribution in [0.5, 0.6) is 0 Å². The average Bonchev–Trinajstić information content (AvgIpc) is 3.05. The number of nitrogens with zero attached hydrogens (tertiary/aromatic N) is 1. The van der Waals surface area contributed by atoms with Gasteiger partial charge in [0.15, 0.2) is 0 Å². The molecule has 1 amide bonds. The molecule has 3 aromatic rings. The Bertz CT molecular complexity index is 756. The molecule has 0 bridgehead atoms. The first-order valence-electron chi connectivity index (χ1n) is 5.72. The molecule has 19 heavy (non-hydrogen) atoms. The molecule has 0 aliphatic rings. The van der Waals surface area contributed by atoms with Crippen molar-refractivity contribution < 1.29 is 4.79 Å². The second kappa shape index (κ2) is 4.70.